The Morgan fingerprint density at radius 2 is 1.89 bits per heavy atom. The van der Waals surface area contributed by atoms with Gasteiger partial charge in [0.2, 0.25) is 0 Å². The van der Waals surface area contributed by atoms with Gasteiger partial charge in [0.1, 0.15) is 18.6 Å². The van der Waals surface area contributed by atoms with Crippen LogP contribution in [0.15, 0.2) is 47.2 Å². The molecule has 4 nitrogen and oxygen atoms in total. The largest absolute Gasteiger partial charge is 0.491 e. The molecule has 0 radical (unpaired) electrons. The van der Waals surface area contributed by atoms with Gasteiger partial charge in [-0.3, -0.25) is 0 Å². The monoisotopic (exact) mass is 247 g/mol. The van der Waals surface area contributed by atoms with Crippen molar-refractivity contribution in [3.8, 4) is 5.75 Å². The second kappa shape index (κ2) is 7.50. The van der Waals surface area contributed by atoms with E-state index in [4.69, 9.17) is 14.0 Å². The maximum absolute atomic E-state index is 5.51. The summed E-state index contributed by atoms with van der Waals surface area (Å²) < 4.78 is 15.7. The third-order valence-electron chi connectivity index (χ3n) is 2.45. The molecule has 1 aromatic carbocycles. The van der Waals surface area contributed by atoms with E-state index in [1.54, 1.807) is 6.26 Å². The number of aromatic nitrogens is 1. The molecule has 96 valence electrons. The van der Waals surface area contributed by atoms with E-state index in [1.165, 1.54) is 0 Å². The molecule has 0 spiro atoms. The second-order valence-electron chi connectivity index (χ2n) is 3.87. The average Bonchev–Trinajstić information content (AvgIpc) is 2.92. The van der Waals surface area contributed by atoms with E-state index < -0.39 is 0 Å². The van der Waals surface area contributed by atoms with Gasteiger partial charge in [-0.15, -0.1) is 0 Å². The first-order chi connectivity index (χ1) is 8.95. The van der Waals surface area contributed by atoms with Gasteiger partial charge < -0.3 is 14.0 Å². The van der Waals surface area contributed by atoms with E-state index in [9.17, 15) is 0 Å². The quantitative estimate of drug-likeness (QED) is 0.673. The Labute approximate surface area is 107 Å². The van der Waals surface area contributed by atoms with Crippen molar-refractivity contribution in [3.63, 3.8) is 0 Å². The van der Waals surface area contributed by atoms with Crippen LogP contribution in [-0.2, 0) is 11.2 Å². The fourth-order valence-corrected chi connectivity index (χ4v) is 1.56. The first kappa shape index (κ1) is 12.6. The zero-order valence-corrected chi connectivity index (χ0v) is 10.2. The highest BCUT2D eigenvalue weighted by Gasteiger charge is 1.96. The Hall–Kier alpha value is -1.81. The number of hydrogen-bond acceptors (Lipinski definition) is 4. The summed E-state index contributed by atoms with van der Waals surface area (Å²) in [6, 6.07) is 11.6. The van der Waals surface area contributed by atoms with Crippen molar-refractivity contribution >= 4 is 0 Å². The molecule has 1 aromatic heterocycles. The number of aryl methyl sites for hydroxylation is 1. The van der Waals surface area contributed by atoms with Crippen LogP contribution in [0.4, 0.5) is 0 Å². The predicted molar refractivity (Wildman–Crippen MR) is 67.6 cm³/mol. The minimum absolute atomic E-state index is 0.577. The molecule has 0 amide bonds. The molecule has 2 rings (SSSR count). The maximum atomic E-state index is 5.51. The number of para-hydroxylation sites is 1. The normalized spacial score (nSPS) is 10.4. The van der Waals surface area contributed by atoms with E-state index in [0.29, 0.717) is 19.8 Å². The maximum Gasteiger partial charge on any atom is 0.124 e. The summed E-state index contributed by atoms with van der Waals surface area (Å²) in [7, 11) is 0. The van der Waals surface area contributed by atoms with Crippen molar-refractivity contribution in [1.29, 1.82) is 0 Å². The third-order valence-corrected chi connectivity index (χ3v) is 2.45. The molecule has 0 saturated carbocycles. The van der Waals surface area contributed by atoms with Gasteiger partial charge in [0.25, 0.3) is 0 Å². The smallest absolute Gasteiger partial charge is 0.124 e. The summed E-state index contributed by atoms with van der Waals surface area (Å²) in [5.41, 5.74) is 0.971. The van der Waals surface area contributed by atoms with Crippen molar-refractivity contribution in [3.05, 3.63) is 48.4 Å². The Balaban J connectivity index is 1.47. The molecule has 0 bridgehead atoms. The molecule has 0 aliphatic heterocycles. The van der Waals surface area contributed by atoms with Gasteiger partial charge in [0, 0.05) is 12.7 Å². The lowest BCUT2D eigenvalue weighted by Gasteiger charge is -2.06. The van der Waals surface area contributed by atoms with Crippen LogP contribution in [0.1, 0.15) is 12.1 Å². The van der Waals surface area contributed by atoms with Gasteiger partial charge >= 0.3 is 0 Å². The Morgan fingerprint density at radius 3 is 2.67 bits per heavy atom. The summed E-state index contributed by atoms with van der Waals surface area (Å²) in [6.07, 6.45) is 3.41. The average molecular weight is 247 g/mol. The highest BCUT2D eigenvalue weighted by atomic mass is 16.5. The van der Waals surface area contributed by atoms with Gasteiger partial charge in [-0.1, -0.05) is 23.4 Å². The van der Waals surface area contributed by atoms with Crippen molar-refractivity contribution in [1.82, 2.24) is 5.16 Å². The molecule has 0 fully saturated rings. The van der Waals surface area contributed by atoms with Crippen molar-refractivity contribution in [2.45, 2.75) is 12.8 Å². The highest BCUT2D eigenvalue weighted by Crippen LogP contribution is 2.07. The van der Waals surface area contributed by atoms with Crippen LogP contribution in [0.25, 0.3) is 0 Å². The minimum atomic E-state index is 0.577. The molecule has 4 heteroatoms. The van der Waals surface area contributed by atoms with Crippen molar-refractivity contribution in [2.24, 2.45) is 0 Å². The Bertz CT molecular complexity index is 414. The van der Waals surface area contributed by atoms with Gasteiger partial charge in [0.05, 0.1) is 12.3 Å². The summed E-state index contributed by atoms with van der Waals surface area (Å²) in [5, 5.41) is 3.83. The molecule has 0 unspecified atom stereocenters. The summed E-state index contributed by atoms with van der Waals surface area (Å²) in [4.78, 5) is 0. The van der Waals surface area contributed by atoms with Crippen LogP contribution in [0.5, 0.6) is 5.75 Å². The van der Waals surface area contributed by atoms with Crippen LogP contribution in [0, 0.1) is 0 Å². The Morgan fingerprint density at radius 1 is 1.00 bits per heavy atom. The lowest BCUT2D eigenvalue weighted by molar-refractivity contribution is 0.0983. The van der Waals surface area contributed by atoms with Gasteiger partial charge in [-0.2, -0.15) is 0 Å². The minimum Gasteiger partial charge on any atom is -0.491 e. The second-order valence-corrected chi connectivity index (χ2v) is 3.87. The lowest BCUT2D eigenvalue weighted by atomic mass is 10.2. The van der Waals surface area contributed by atoms with Gasteiger partial charge in [-0.05, 0) is 25.0 Å². The SMILES string of the molecule is c1ccc(OCCOCCCc2ccon2)cc1. The molecule has 18 heavy (non-hydrogen) atoms. The summed E-state index contributed by atoms with van der Waals surface area (Å²) in [6.45, 7) is 1.90. The van der Waals surface area contributed by atoms with Crippen molar-refractivity contribution in [2.75, 3.05) is 19.8 Å². The number of rotatable bonds is 8. The molecule has 0 saturated heterocycles. The van der Waals surface area contributed by atoms with Crippen LogP contribution in [0.3, 0.4) is 0 Å². The molecule has 1 heterocycles. The highest BCUT2D eigenvalue weighted by molar-refractivity contribution is 5.20. The first-order valence-electron chi connectivity index (χ1n) is 6.10. The van der Waals surface area contributed by atoms with E-state index in [0.717, 1.165) is 24.3 Å². The first-order valence-corrected chi connectivity index (χ1v) is 6.10. The standard InChI is InChI=1S/C14H17NO3/c1-2-6-14(7-3-1)17-12-11-16-9-4-5-13-8-10-18-15-13/h1-3,6-8,10H,4-5,9,11-12H2. The summed E-state index contributed by atoms with van der Waals surface area (Å²) >= 11 is 0. The van der Waals surface area contributed by atoms with Gasteiger partial charge in [0.15, 0.2) is 0 Å². The number of hydrogen-bond donors (Lipinski definition) is 0. The predicted octanol–water partition coefficient (Wildman–Crippen LogP) is 2.70. The molecule has 0 atom stereocenters. The number of benzene rings is 1. The molecule has 0 aliphatic carbocycles. The van der Waals surface area contributed by atoms with E-state index in [-0.39, 0.29) is 0 Å². The molecule has 0 aliphatic rings. The van der Waals surface area contributed by atoms with Crippen LogP contribution < -0.4 is 4.74 Å². The van der Waals surface area contributed by atoms with E-state index in [1.807, 2.05) is 36.4 Å². The lowest BCUT2D eigenvalue weighted by Crippen LogP contribution is -2.07. The fraction of sp³-hybridized carbons (Fsp3) is 0.357. The summed E-state index contributed by atoms with van der Waals surface area (Å²) in [5.74, 6) is 0.878. The Kier molecular flexibility index (Phi) is 5.27. The van der Waals surface area contributed by atoms with Crippen LogP contribution in [0.2, 0.25) is 0 Å². The van der Waals surface area contributed by atoms with Crippen molar-refractivity contribution < 1.29 is 14.0 Å². The number of nitrogens with zero attached hydrogens (tertiary/aromatic N) is 1. The topological polar surface area (TPSA) is 44.5 Å². The molecular formula is C14H17NO3. The van der Waals surface area contributed by atoms with E-state index in [2.05, 4.69) is 5.16 Å². The zero-order chi connectivity index (χ0) is 12.5. The van der Waals surface area contributed by atoms with Crippen LogP contribution in [-0.4, -0.2) is 25.0 Å². The third kappa shape index (κ3) is 4.59. The number of ether oxygens (including phenoxy) is 2. The van der Waals surface area contributed by atoms with Crippen LogP contribution >= 0.6 is 0 Å². The molecule has 0 N–H and O–H groups in total. The zero-order valence-electron chi connectivity index (χ0n) is 10.2. The fourth-order valence-electron chi connectivity index (χ4n) is 1.56. The van der Waals surface area contributed by atoms with Gasteiger partial charge in [-0.25, -0.2) is 0 Å². The molecular weight excluding hydrogens is 230 g/mol. The van der Waals surface area contributed by atoms with E-state index >= 15 is 0 Å². The molecule has 2 aromatic rings.